The van der Waals surface area contributed by atoms with Gasteiger partial charge in [-0.3, -0.25) is 9.89 Å². The Morgan fingerprint density at radius 2 is 1.75 bits per heavy atom. The van der Waals surface area contributed by atoms with Crippen LogP contribution in [0.1, 0.15) is 36.2 Å². The molecule has 0 atom stereocenters. The van der Waals surface area contributed by atoms with Crippen LogP contribution in [-0.4, -0.2) is 41.9 Å². The Morgan fingerprint density at radius 3 is 2.54 bits per heavy atom. The number of amides is 1. The number of fused-ring (bicyclic) bond motifs is 1. The van der Waals surface area contributed by atoms with Crippen molar-refractivity contribution in [2.45, 2.75) is 30.6 Å². The molecule has 1 aliphatic rings. The van der Waals surface area contributed by atoms with Crippen LogP contribution in [0.2, 0.25) is 0 Å². The number of para-hydroxylation sites is 1. The minimum atomic E-state index is -3.57. The van der Waals surface area contributed by atoms with Crippen LogP contribution in [-0.2, 0) is 10.0 Å². The van der Waals surface area contributed by atoms with Crippen molar-refractivity contribution in [3.8, 4) is 0 Å². The summed E-state index contributed by atoms with van der Waals surface area (Å²) in [6.07, 6.45) is 3.86. The van der Waals surface area contributed by atoms with Crippen LogP contribution >= 0.6 is 0 Å². The van der Waals surface area contributed by atoms with E-state index in [2.05, 4.69) is 15.5 Å². The van der Waals surface area contributed by atoms with Crippen LogP contribution in [0.5, 0.6) is 0 Å². The second-order valence-electron chi connectivity index (χ2n) is 6.92. The summed E-state index contributed by atoms with van der Waals surface area (Å²) in [5.74, 6) is -0.387. The molecular weight excluding hydrogens is 376 g/mol. The van der Waals surface area contributed by atoms with E-state index in [9.17, 15) is 13.2 Å². The molecule has 3 aromatic rings. The number of aromatic nitrogens is 2. The number of hydrogen-bond acceptors (Lipinski definition) is 4. The van der Waals surface area contributed by atoms with E-state index in [0.29, 0.717) is 24.2 Å². The van der Waals surface area contributed by atoms with Gasteiger partial charge in [0.05, 0.1) is 10.4 Å². The average Bonchev–Trinajstić information content (AvgIpc) is 2.93. The SMILES string of the molecule is O=C(Nc1cccc(S(=O)(=O)N2CCCCCC2)c1)c1n[nH]c2ccccc12. The Hall–Kier alpha value is -2.71. The van der Waals surface area contributed by atoms with Crippen LogP contribution in [0.3, 0.4) is 0 Å². The van der Waals surface area contributed by atoms with E-state index in [1.165, 1.54) is 6.07 Å². The lowest BCUT2D eigenvalue weighted by molar-refractivity contribution is 0.102. The molecule has 1 fully saturated rings. The highest BCUT2D eigenvalue weighted by Crippen LogP contribution is 2.23. The zero-order valence-corrected chi connectivity index (χ0v) is 16.2. The molecule has 1 saturated heterocycles. The number of carbonyl (C=O) groups excluding carboxylic acids is 1. The van der Waals surface area contributed by atoms with Gasteiger partial charge in [-0.15, -0.1) is 0 Å². The molecule has 0 saturated carbocycles. The smallest absolute Gasteiger partial charge is 0.276 e. The standard InChI is InChI=1S/C20H22N4O3S/c25-20(19-17-10-3-4-11-18(17)22-23-19)21-15-8-7-9-16(14-15)28(26,27)24-12-5-1-2-6-13-24/h3-4,7-11,14H,1-2,5-6,12-13H2,(H,21,25)(H,22,23). The summed E-state index contributed by atoms with van der Waals surface area (Å²) in [6, 6.07) is 13.7. The zero-order valence-electron chi connectivity index (χ0n) is 15.4. The van der Waals surface area contributed by atoms with E-state index in [1.807, 2.05) is 24.3 Å². The fourth-order valence-corrected chi connectivity index (χ4v) is 5.06. The Morgan fingerprint density at radius 1 is 1.00 bits per heavy atom. The predicted molar refractivity (Wildman–Crippen MR) is 108 cm³/mol. The Kier molecular flexibility index (Phi) is 5.15. The van der Waals surface area contributed by atoms with Crippen molar-refractivity contribution < 1.29 is 13.2 Å². The van der Waals surface area contributed by atoms with Gasteiger partial charge in [0.15, 0.2) is 5.69 Å². The summed E-state index contributed by atoms with van der Waals surface area (Å²) in [6.45, 7) is 1.08. The molecular formula is C20H22N4O3S. The molecule has 8 heteroatoms. The van der Waals surface area contributed by atoms with Crippen LogP contribution in [0.25, 0.3) is 10.9 Å². The molecule has 1 aromatic heterocycles. The second kappa shape index (κ2) is 7.73. The van der Waals surface area contributed by atoms with Crippen LogP contribution in [0.15, 0.2) is 53.4 Å². The van der Waals surface area contributed by atoms with Crippen molar-refractivity contribution in [2.75, 3.05) is 18.4 Å². The number of carbonyl (C=O) groups is 1. The van der Waals surface area contributed by atoms with E-state index >= 15 is 0 Å². The van der Waals surface area contributed by atoms with Crippen LogP contribution in [0.4, 0.5) is 5.69 Å². The number of rotatable bonds is 4. The molecule has 1 amide bonds. The van der Waals surface area contributed by atoms with Gasteiger partial charge in [-0.1, -0.05) is 37.1 Å². The number of hydrogen-bond donors (Lipinski definition) is 2. The highest BCUT2D eigenvalue weighted by Gasteiger charge is 2.25. The van der Waals surface area contributed by atoms with Gasteiger partial charge in [0.1, 0.15) is 0 Å². The van der Waals surface area contributed by atoms with Crippen molar-refractivity contribution in [2.24, 2.45) is 0 Å². The van der Waals surface area contributed by atoms with Crippen molar-refractivity contribution >= 4 is 32.5 Å². The quantitative estimate of drug-likeness (QED) is 0.704. The normalized spacial score (nSPS) is 16.0. The van der Waals surface area contributed by atoms with Crippen molar-refractivity contribution in [1.82, 2.24) is 14.5 Å². The molecule has 4 rings (SSSR count). The molecule has 146 valence electrons. The summed E-state index contributed by atoms with van der Waals surface area (Å²) in [5, 5.41) is 10.4. The van der Waals surface area contributed by atoms with Gasteiger partial charge < -0.3 is 5.32 Å². The zero-order chi connectivity index (χ0) is 19.6. The van der Waals surface area contributed by atoms with Gasteiger partial charge in [-0.05, 0) is 37.1 Å². The first-order chi connectivity index (χ1) is 13.6. The lowest BCUT2D eigenvalue weighted by Crippen LogP contribution is -2.32. The largest absolute Gasteiger partial charge is 0.321 e. The van der Waals surface area contributed by atoms with E-state index in [4.69, 9.17) is 0 Å². The second-order valence-corrected chi connectivity index (χ2v) is 8.86. The molecule has 0 radical (unpaired) electrons. The summed E-state index contributed by atoms with van der Waals surface area (Å²) in [5.41, 5.74) is 1.47. The van der Waals surface area contributed by atoms with Gasteiger partial charge in [-0.2, -0.15) is 9.40 Å². The Balaban J connectivity index is 1.57. The van der Waals surface area contributed by atoms with Crippen LogP contribution in [0, 0.1) is 0 Å². The number of nitrogens with zero attached hydrogens (tertiary/aromatic N) is 2. The Bertz CT molecular complexity index is 1100. The number of benzene rings is 2. The van der Waals surface area contributed by atoms with Crippen molar-refractivity contribution in [3.05, 3.63) is 54.2 Å². The van der Waals surface area contributed by atoms with Gasteiger partial charge in [-0.25, -0.2) is 8.42 Å². The van der Waals surface area contributed by atoms with E-state index in [-0.39, 0.29) is 16.5 Å². The molecule has 0 aliphatic carbocycles. The minimum Gasteiger partial charge on any atom is -0.321 e. The molecule has 2 N–H and O–H groups in total. The highest BCUT2D eigenvalue weighted by molar-refractivity contribution is 7.89. The minimum absolute atomic E-state index is 0.194. The lowest BCUT2D eigenvalue weighted by atomic mass is 10.2. The third-order valence-corrected chi connectivity index (χ3v) is 6.87. The number of aromatic amines is 1. The highest BCUT2D eigenvalue weighted by atomic mass is 32.2. The van der Waals surface area contributed by atoms with Gasteiger partial charge in [0.25, 0.3) is 5.91 Å². The van der Waals surface area contributed by atoms with Gasteiger partial charge in [0.2, 0.25) is 10.0 Å². The summed E-state index contributed by atoms with van der Waals surface area (Å²) in [7, 11) is -3.57. The average molecular weight is 398 g/mol. The fraction of sp³-hybridized carbons (Fsp3) is 0.300. The summed E-state index contributed by atoms with van der Waals surface area (Å²) in [4.78, 5) is 12.8. The van der Waals surface area contributed by atoms with Crippen molar-refractivity contribution in [1.29, 1.82) is 0 Å². The third kappa shape index (κ3) is 3.65. The maximum Gasteiger partial charge on any atom is 0.276 e. The molecule has 2 aromatic carbocycles. The first-order valence-corrected chi connectivity index (χ1v) is 10.8. The monoisotopic (exact) mass is 398 g/mol. The van der Waals surface area contributed by atoms with E-state index < -0.39 is 10.0 Å². The number of H-pyrrole nitrogens is 1. The number of anilines is 1. The molecule has 28 heavy (non-hydrogen) atoms. The maximum atomic E-state index is 13.0. The molecule has 0 unspecified atom stereocenters. The van der Waals surface area contributed by atoms with Gasteiger partial charge >= 0.3 is 0 Å². The Labute approximate surface area is 163 Å². The number of nitrogens with one attached hydrogen (secondary N) is 2. The summed E-state index contributed by atoms with van der Waals surface area (Å²) < 4.78 is 27.5. The lowest BCUT2D eigenvalue weighted by Gasteiger charge is -2.20. The van der Waals surface area contributed by atoms with Gasteiger partial charge in [0, 0.05) is 24.2 Å². The molecule has 2 heterocycles. The predicted octanol–water partition coefficient (Wildman–Crippen LogP) is 3.38. The first-order valence-electron chi connectivity index (χ1n) is 9.40. The third-order valence-electron chi connectivity index (χ3n) is 4.98. The van der Waals surface area contributed by atoms with E-state index in [0.717, 1.165) is 31.2 Å². The summed E-state index contributed by atoms with van der Waals surface area (Å²) >= 11 is 0. The van der Waals surface area contributed by atoms with Crippen molar-refractivity contribution in [3.63, 3.8) is 0 Å². The number of sulfonamides is 1. The molecule has 1 aliphatic heterocycles. The molecule has 0 bridgehead atoms. The topological polar surface area (TPSA) is 95.2 Å². The maximum absolute atomic E-state index is 13.0. The molecule has 7 nitrogen and oxygen atoms in total. The molecule has 0 spiro atoms. The first kappa shape index (κ1) is 18.6. The van der Waals surface area contributed by atoms with E-state index in [1.54, 1.807) is 22.5 Å². The van der Waals surface area contributed by atoms with Crippen LogP contribution < -0.4 is 5.32 Å². The fourth-order valence-electron chi connectivity index (χ4n) is 3.49.